The summed E-state index contributed by atoms with van der Waals surface area (Å²) in [5.41, 5.74) is 5.38. The maximum Gasteiger partial charge on any atom is 0.271 e. The van der Waals surface area contributed by atoms with Crippen molar-refractivity contribution in [2.75, 3.05) is 0 Å². The highest BCUT2D eigenvalue weighted by Gasteiger charge is 2.09. The number of hydrazine groups is 1. The quantitative estimate of drug-likeness (QED) is 0.651. The maximum absolute atomic E-state index is 11.8. The molecule has 0 aliphatic heterocycles. The molecule has 0 saturated heterocycles. The number of nitriles is 1. The number of hydrogen-bond acceptors (Lipinski definition) is 4. The lowest BCUT2D eigenvalue weighted by Gasteiger charge is -2.07. The maximum atomic E-state index is 11.8. The monoisotopic (exact) mass is 300 g/mol. The van der Waals surface area contributed by atoms with Gasteiger partial charge < -0.3 is 0 Å². The molecule has 1 heterocycles. The third-order valence-electron chi connectivity index (χ3n) is 2.53. The summed E-state index contributed by atoms with van der Waals surface area (Å²) in [5, 5.41) is 9.03. The van der Waals surface area contributed by atoms with E-state index in [1.165, 1.54) is 30.5 Å². The van der Waals surface area contributed by atoms with Crippen molar-refractivity contribution in [2.24, 2.45) is 0 Å². The van der Waals surface area contributed by atoms with Gasteiger partial charge in [-0.3, -0.25) is 20.4 Å². The van der Waals surface area contributed by atoms with E-state index in [0.717, 1.165) is 0 Å². The number of carbonyl (C=O) groups excluding carboxylic acids is 2. The molecule has 0 aliphatic rings. The first-order valence-corrected chi connectivity index (χ1v) is 6.20. The summed E-state index contributed by atoms with van der Waals surface area (Å²) in [5.74, 6) is -1.05. The van der Waals surface area contributed by atoms with Crippen molar-refractivity contribution >= 4 is 23.4 Å². The van der Waals surface area contributed by atoms with Gasteiger partial charge in [-0.1, -0.05) is 17.7 Å². The van der Waals surface area contributed by atoms with E-state index in [1.54, 1.807) is 12.1 Å². The first kappa shape index (κ1) is 14.5. The molecule has 0 radical (unpaired) electrons. The Morgan fingerprint density at radius 1 is 1.10 bits per heavy atom. The standard InChI is InChI=1S/C14H9ClN4O2/c15-12-5-4-11(8-17-12)14(21)19-18-13(20)10-3-1-2-9(6-10)7-16/h1-6,8H,(H,18,20)(H,19,21). The Balaban J connectivity index is 1.99. The fraction of sp³-hybridized carbons (Fsp3) is 0. The van der Waals surface area contributed by atoms with Crippen LogP contribution in [0.1, 0.15) is 26.3 Å². The summed E-state index contributed by atoms with van der Waals surface area (Å²) < 4.78 is 0. The lowest BCUT2D eigenvalue weighted by atomic mass is 10.1. The van der Waals surface area contributed by atoms with Crippen LogP contribution in [0, 0.1) is 11.3 Å². The van der Waals surface area contributed by atoms with Crippen LogP contribution in [0.25, 0.3) is 0 Å². The van der Waals surface area contributed by atoms with E-state index in [1.807, 2.05) is 6.07 Å². The minimum absolute atomic E-state index is 0.255. The first-order chi connectivity index (χ1) is 10.1. The topological polar surface area (TPSA) is 94.9 Å². The van der Waals surface area contributed by atoms with Gasteiger partial charge >= 0.3 is 0 Å². The summed E-state index contributed by atoms with van der Waals surface area (Å²) in [4.78, 5) is 27.3. The largest absolute Gasteiger partial charge is 0.271 e. The molecule has 1 aromatic heterocycles. The molecule has 0 unspecified atom stereocenters. The van der Waals surface area contributed by atoms with Gasteiger partial charge in [0.2, 0.25) is 0 Å². The van der Waals surface area contributed by atoms with E-state index < -0.39 is 11.8 Å². The molecule has 0 bridgehead atoms. The average molecular weight is 301 g/mol. The van der Waals surface area contributed by atoms with Gasteiger partial charge in [-0.2, -0.15) is 5.26 Å². The van der Waals surface area contributed by atoms with Crippen molar-refractivity contribution in [1.82, 2.24) is 15.8 Å². The van der Waals surface area contributed by atoms with Gasteiger partial charge in [0.05, 0.1) is 17.2 Å². The number of rotatable bonds is 2. The van der Waals surface area contributed by atoms with Crippen LogP contribution < -0.4 is 10.9 Å². The molecule has 2 N–H and O–H groups in total. The molecule has 2 rings (SSSR count). The van der Waals surface area contributed by atoms with Crippen molar-refractivity contribution in [1.29, 1.82) is 5.26 Å². The molecule has 0 spiro atoms. The zero-order valence-corrected chi connectivity index (χ0v) is 11.4. The molecule has 2 amide bonds. The third-order valence-corrected chi connectivity index (χ3v) is 2.76. The minimum atomic E-state index is -0.526. The fourth-order valence-corrected chi connectivity index (χ4v) is 1.61. The second kappa shape index (κ2) is 6.50. The van der Waals surface area contributed by atoms with E-state index in [-0.39, 0.29) is 16.3 Å². The van der Waals surface area contributed by atoms with E-state index in [9.17, 15) is 9.59 Å². The molecule has 6 nitrogen and oxygen atoms in total. The van der Waals surface area contributed by atoms with Crippen LogP contribution in [0.5, 0.6) is 0 Å². The Morgan fingerprint density at radius 2 is 1.81 bits per heavy atom. The smallest absolute Gasteiger partial charge is 0.267 e. The second-order valence-electron chi connectivity index (χ2n) is 3.97. The number of pyridine rings is 1. The molecule has 1 aromatic carbocycles. The molecule has 21 heavy (non-hydrogen) atoms. The Morgan fingerprint density at radius 3 is 2.43 bits per heavy atom. The summed E-state index contributed by atoms with van der Waals surface area (Å²) in [7, 11) is 0. The van der Waals surface area contributed by atoms with Gasteiger partial charge in [0, 0.05) is 11.8 Å². The normalized spacial score (nSPS) is 9.52. The van der Waals surface area contributed by atoms with Gasteiger partial charge in [-0.15, -0.1) is 0 Å². The van der Waals surface area contributed by atoms with E-state index in [0.29, 0.717) is 5.56 Å². The molecule has 0 fully saturated rings. The molecule has 2 aromatic rings. The van der Waals surface area contributed by atoms with E-state index in [4.69, 9.17) is 16.9 Å². The number of nitrogens with zero attached hydrogens (tertiary/aromatic N) is 2. The number of halogens is 1. The van der Waals surface area contributed by atoms with Crippen LogP contribution in [-0.2, 0) is 0 Å². The highest BCUT2D eigenvalue weighted by atomic mass is 35.5. The van der Waals surface area contributed by atoms with Gasteiger partial charge in [0.15, 0.2) is 0 Å². The van der Waals surface area contributed by atoms with Gasteiger partial charge in [0.25, 0.3) is 11.8 Å². The summed E-state index contributed by atoms with van der Waals surface area (Å²) in [6.07, 6.45) is 1.29. The molecule has 0 aliphatic carbocycles. The summed E-state index contributed by atoms with van der Waals surface area (Å²) in [6, 6.07) is 11.0. The Hall–Kier alpha value is -2.91. The molecular formula is C14H9ClN4O2. The predicted molar refractivity (Wildman–Crippen MR) is 75.3 cm³/mol. The van der Waals surface area contributed by atoms with E-state index >= 15 is 0 Å². The van der Waals surface area contributed by atoms with Crippen molar-refractivity contribution in [3.63, 3.8) is 0 Å². The van der Waals surface area contributed by atoms with Gasteiger partial charge in [-0.05, 0) is 30.3 Å². The van der Waals surface area contributed by atoms with Crippen LogP contribution in [0.3, 0.4) is 0 Å². The van der Waals surface area contributed by atoms with Crippen molar-refractivity contribution in [3.8, 4) is 6.07 Å². The number of aromatic nitrogens is 1. The zero-order chi connectivity index (χ0) is 15.2. The van der Waals surface area contributed by atoms with Crippen molar-refractivity contribution < 1.29 is 9.59 Å². The van der Waals surface area contributed by atoms with Crippen LogP contribution >= 0.6 is 11.6 Å². The average Bonchev–Trinajstić information content (AvgIpc) is 2.53. The van der Waals surface area contributed by atoms with Gasteiger partial charge in [0.1, 0.15) is 5.15 Å². The number of nitrogens with one attached hydrogen (secondary N) is 2. The lowest BCUT2D eigenvalue weighted by molar-refractivity contribution is 0.0846. The Bertz CT molecular complexity index is 722. The number of benzene rings is 1. The third kappa shape index (κ3) is 3.78. The molecule has 104 valence electrons. The second-order valence-corrected chi connectivity index (χ2v) is 4.36. The molecule has 0 atom stereocenters. The summed E-state index contributed by atoms with van der Waals surface area (Å²) >= 11 is 5.61. The summed E-state index contributed by atoms with van der Waals surface area (Å²) in [6.45, 7) is 0. The molecular weight excluding hydrogens is 292 g/mol. The molecule has 0 saturated carbocycles. The zero-order valence-electron chi connectivity index (χ0n) is 10.6. The van der Waals surface area contributed by atoms with E-state index in [2.05, 4.69) is 15.8 Å². The molecule has 7 heteroatoms. The Kier molecular flexibility index (Phi) is 4.49. The lowest BCUT2D eigenvalue weighted by Crippen LogP contribution is -2.41. The highest BCUT2D eigenvalue weighted by Crippen LogP contribution is 2.05. The number of carbonyl (C=O) groups is 2. The number of hydrogen-bond donors (Lipinski definition) is 2. The van der Waals surface area contributed by atoms with Crippen LogP contribution in [0.4, 0.5) is 0 Å². The fourth-order valence-electron chi connectivity index (χ4n) is 1.50. The van der Waals surface area contributed by atoms with Crippen LogP contribution in [-0.4, -0.2) is 16.8 Å². The van der Waals surface area contributed by atoms with Crippen molar-refractivity contribution in [3.05, 3.63) is 64.4 Å². The van der Waals surface area contributed by atoms with Crippen LogP contribution in [0.15, 0.2) is 42.6 Å². The number of amides is 2. The van der Waals surface area contributed by atoms with Crippen LogP contribution in [0.2, 0.25) is 5.15 Å². The van der Waals surface area contributed by atoms with Gasteiger partial charge in [-0.25, -0.2) is 4.98 Å². The van der Waals surface area contributed by atoms with Crippen molar-refractivity contribution in [2.45, 2.75) is 0 Å². The SMILES string of the molecule is N#Cc1cccc(C(=O)NNC(=O)c2ccc(Cl)nc2)c1. The predicted octanol–water partition coefficient (Wildman–Crippen LogP) is 1.68. The Labute approximate surface area is 125 Å². The minimum Gasteiger partial charge on any atom is -0.267 e. The first-order valence-electron chi connectivity index (χ1n) is 5.82. The highest BCUT2D eigenvalue weighted by molar-refractivity contribution is 6.29.